The molecule has 3 aromatic rings. The Balaban J connectivity index is 0.000000380. The minimum absolute atomic E-state index is 0.192. The first kappa shape index (κ1) is 20.9. The fourth-order valence-electron chi connectivity index (χ4n) is 2.65. The van der Waals surface area contributed by atoms with Crippen LogP contribution >= 0.6 is 0 Å². The van der Waals surface area contributed by atoms with E-state index in [1.807, 2.05) is 30.3 Å². The molecular formula is C17H17F3N2O4S. The Bertz CT molecular complexity index is 1020. The fraction of sp³-hybridized carbons (Fsp3) is 0.235. The van der Waals surface area contributed by atoms with E-state index in [1.165, 1.54) is 16.2 Å². The lowest BCUT2D eigenvalue weighted by Crippen LogP contribution is -2.38. The fourth-order valence-corrected chi connectivity index (χ4v) is 2.65. The molecule has 0 atom stereocenters. The van der Waals surface area contributed by atoms with Crippen LogP contribution in [0.1, 0.15) is 11.4 Å². The highest BCUT2D eigenvalue weighted by molar-refractivity contribution is 7.80. The van der Waals surface area contributed by atoms with E-state index >= 15 is 0 Å². The maximum Gasteiger partial charge on any atom is 0.495 e. The number of hydrogen-bond acceptors (Lipinski definition) is 4. The van der Waals surface area contributed by atoms with Crippen LogP contribution in [-0.2, 0) is 34.4 Å². The number of alkyl halides is 3. The molecule has 0 radical (unpaired) electrons. The first-order chi connectivity index (χ1) is 12.5. The van der Waals surface area contributed by atoms with Crippen molar-refractivity contribution in [3.05, 3.63) is 66.0 Å². The summed E-state index contributed by atoms with van der Waals surface area (Å²) in [4.78, 5) is 0. The molecule has 0 aliphatic carbocycles. The maximum atomic E-state index is 13.4. The molecule has 0 unspecified atom stereocenters. The topological polar surface area (TPSA) is 75.2 Å². The van der Waals surface area contributed by atoms with Crippen molar-refractivity contribution in [2.24, 2.45) is 7.05 Å². The van der Waals surface area contributed by atoms with Crippen molar-refractivity contribution in [2.75, 3.05) is 7.11 Å². The normalized spacial score (nSPS) is 11.9. The Morgan fingerprint density at radius 1 is 1.07 bits per heavy atom. The van der Waals surface area contributed by atoms with Gasteiger partial charge in [-0.3, -0.25) is 4.18 Å². The van der Waals surface area contributed by atoms with Gasteiger partial charge in [0.25, 0.3) is 0 Å². The number of aromatic nitrogens is 2. The smallest absolute Gasteiger partial charge is 0.495 e. The summed E-state index contributed by atoms with van der Waals surface area (Å²) >= 11 is 0. The average molecular weight is 402 g/mol. The van der Waals surface area contributed by atoms with Gasteiger partial charge in [0.1, 0.15) is 6.54 Å². The van der Waals surface area contributed by atoms with Gasteiger partial charge in [-0.25, -0.2) is 17.6 Å². The highest BCUT2D eigenvalue weighted by atomic mass is 32.3. The van der Waals surface area contributed by atoms with Crippen molar-refractivity contribution in [2.45, 2.75) is 12.7 Å². The first-order valence-corrected chi connectivity index (χ1v) is 8.97. The molecule has 146 valence electrons. The van der Waals surface area contributed by atoms with Crippen molar-refractivity contribution >= 4 is 21.4 Å². The number of halogens is 3. The first-order valence-electron chi connectivity index (χ1n) is 7.64. The summed E-state index contributed by atoms with van der Waals surface area (Å²) in [5, 5.41) is 0. The van der Waals surface area contributed by atoms with Crippen LogP contribution in [0.15, 0.2) is 54.6 Å². The van der Waals surface area contributed by atoms with Crippen LogP contribution in [0.3, 0.4) is 0 Å². The Labute approximate surface area is 154 Å². The van der Waals surface area contributed by atoms with Gasteiger partial charge in [-0.2, -0.15) is 13.2 Å². The summed E-state index contributed by atoms with van der Waals surface area (Å²) in [7, 11) is -2.15. The minimum Gasteiger partial charge on any atom is -0.726 e. The molecule has 0 aliphatic rings. The molecule has 0 spiro atoms. The SMILES string of the molecule is COS(=O)(=O)[O-].C[n+]1c(C(F)(F)F)n(Cc2ccccc2)c2ccccc21. The van der Waals surface area contributed by atoms with E-state index in [4.69, 9.17) is 0 Å². The minimum atomic E-state index is -4.41. The number of para-hydroxylation sites is 2. The largest absolute Gasteiger partial charge is 0.726 e. The van der Waals surface area contributed by atoms with Crippen LogP contribution in [0.2, 0.25) is 0 Å². The predicted molar refractivity (Wildman–Crippen MR) is 90.4 cm³/mol. The highest BCUT2D eigenvalue weighted by Gasteiger charge is 2.46. The molecule has 1 heterocycles. The third-order valence-corrected chi connectivity index (χ3v) is 4.16. The summed E-state index contributed by atoms with van der Waals surface area (Å²) in [6, 6.07) is 16.1. The molecule has 6 nitrogen and oxygen atoms in total. The van der Waals surface area contributed by atoms with E-state index in [0.717, 1.165) is 12.7 Å². The summed E-state index contributed by atoms with van der Waals surface area (Å²) < 4.78 is 73.8. The number of hydrogen-bond donors (Lipinski definition) is 0. The van der Waals surface area contributed by atoms with Crippen LogP contribution in [0.4, 0.5) is 13.2 Å². The van der Waals surface area contributed by atoms with Gasteiger partial charge in [0.2, 0.25) is 10.4 Å². The third kappa shape index (κ3) is 5.28. The van der Waals surface area contributed by atoms with Crippen LogP contribution in [0, 0.1) is 0 Å². The zero-order valence-corrected chi connectivity index (χ0v) is 15.3. The zero-order valence-electron chi connectivity index (χ0n) is 14.5. The van der Waals surface area contributed by atoms with Crippen LogP contribution in [0.5, 0.6) is 0 Å². The van der Waals surface area contributed by atoms with Crippen molar-refractivity contribution in [1.29, 1.82) is 0 Å². The van der Waals surface area contributed by atoms with Gasteiger partial charge >= 0.3 is 12.0 Å². The molecule has 2 aromatic carbocycles. The summed E-state index contributed by atoms with van der Waals surface area (Å²) in [5.41, 5.74) is 1.99. The molecule has 10 heteroatoms. The molecule has 0 aliphatic heterocycles. The Hall–Kier alpha value is -2.43. The lowest BCUT2D eigenvalue weighted by molar-refractivity contribution is -0.667. The molecule has 0 amide bonds. The van der Waals surface area contributed by atoms with Crippen LogP contribution in [0.25, 0.3) is 11.0 Å². The van der Waals surface area contributed by atoms with Crippen molar-refractivity contribution in [3.8, 4) is 0 Å². The molecule has 0 N–H and O–H groups in total. The van der Waals surface area contributed by atoms with Crippen LogP contribution < -0.4 is 4.57 Å². The van der Waals surface area contributed by atoms with E-state index in [9.17, 15) is 26.1 Å². The molecule has 3 rings (SSSR count). The maximum absolute atomic E-state index is 13.4. The second-order valence-electron chi connectivity index (χ2n) is 5.52. The Kier molecular flexibility index (Phi) is 6.24. The third-order valence-electron chi connectivity index (χ3n) is 3.75. The molecule has 0 saturated carbocycles. The molecule has 0 bridgehead atoms. The standard InChI is InChI=1S/C16H14F3N2.CH4O4S/c1-20-13-9-5-6-10-14(13)21(15(20)16(17,18)19)11-12-7-3-2-4-8-12;1-5-6(2,3)4/h2-10H,11H2,1H3;1H3,(H,2,3,4)/q+1;/p-1. The number of nitrogens with zero attached hydrogens (tertiary/aromatic N) is 2. The summed E-state index contributed by atoms with van der Waals surface area (Å²) in [5.74, 6) is -0.646. The van der Waals surface area contributed by atoms with Gasteiger partial charge in [0, 0.05) is 0 Å². The van der Waals surface area contributed by atoms with Crippen LogP contribution in [-0.4, -0.2) is 24.6 Å². The van der Waals surface area contributed by atoms with Crippen molar-refractivity contribution in [3.63, 3.8) is 0 Å². The van der Waals surface area contributed by atoms with Crippen molar-refractivity contribution < 1.29 is 34.9 Å². The number of fused-ring (bicyclic) bond motifs is 1. The van der Waals surface area contributed by atoms with E-state index in [1.54, 1.807) is 24.3 Å². The van der Waals surface area contributed by atoms with E-state index in [0.29, 0.717) is 11.0 Å². The highest BCUT2D eigenvalue weighted by Crippen LogP contribution is 2.30. The van der Waals surface area contributed by atoms with Gasteiger partial charge in [-0.05, 0) is 17.7 Å². The lowest BCUT2D eigenvalue weighted by atomic mass is 10.2. The molecule has 27 heavy (non-hydrogen) atoms. The number of imidazole rings is 1. The number of rotatable bonds is 3. The molecule has 1 aromatic heterocycles. The monoisotopic (exact) mass is 402 g/mol. The Morgan fingerprint density at radius 3 is 2.11 bits per heavy atom. The second-order valence-corrected chi connectivity index (χ2v) is 6.67. The molecule has 0 fully saturated rings. The summed E-state index contributed by atoms with van der Waals surface area (Å²) in [6.45, 7) is 0.192. The van der Waals surface area contributed by atoms with Gasteiger partial charge in [-0.1, -0.05) is 42.5 Å². The number of benzene rings is 2. The molecule has 0 saturated heterocycles. The quantitative estimate of drug-likeness (QED) is 0.384. The van der Waals surface area contributed by atoms with Gasteiger partial charge in [-0.15, -0.1) is 0 Å². The van der Waals surface area contributed by atoms with Gasteiger partial charge in [0.05, 0.1) is 14.2 Å². The second kappa shape index (κ2) is 8.07. The Morgan fingerprint density at radius 2 is 1.59 bits per heavy atom. The number of aryl methyl sites for hydroxylation is 1. The van der Waals surface area contributed by atoms with Gasteiger partial charge in [0.15, 0.2) is 11.0 Å². The average Bonchev–Trinajstić information content (AvgIpc) is 2.88. The van der Waals surface area contributed by atoms with E-state index in [2.05, 4.69) is 4.18 Å². The zero-order chi connectivity index (χ0) is 20.2. The van der Waals surface area contributed by atoms with Crippen molar-refractivity contribution in [1.82, 2.24) is 4.57 Å². The van der Waals surface area contributed by atoms with E-state index in [-0.39, 0.29) is 6.54 Å². The lowest BCUT2D eigenvalue weighted by Gasteiger charge is -2.06. The van der Waals surface area contributed by atoms with Gasteiger partial charge < -0.3 is 4.55 Å². The predicted octanol–water partition coefficient (Wildman–Crippen LogP) is 2.63. The summed E-state index contributed by atoms with van der Waals surface area (Å²) in [6.07, 6.45) is -4.40. The van der Waals surface area contributed by atoms with E-state index < -0.39 is 22.4 Å². The molecular weight excluding hydrogens is 385 g/mol.